The summed E-state index contributed by atoms with van der Waals surface area (Å²) in [6.45, 7) is 4.60. The summed E-state index contributed by atoms with van der Waals surface area (Å²) in [6.07, 6.45) is 55.0. The van der Waals surface area contributed by atoms with E-state index in [-0.39, 0.29) is 18.6 Å². The Morgan fingerprint density at radius 3 is 0.773 bits per heavy atom. The van der Waals surface area contributed by atoms with Crippen molar-refractivity contribution in [3.05, 3.63) is 0 Å². The molecule has 2 unspecified atom stereocenters. The Bertz CT molecular complexity index is 474. The Balaban J connectivity index is 0. The first-order chi connectivity index (χ1) is 21.3. The molecule has 265 valence electrons. The van der Waals surface area contributed by atoms with E-state index in [1.54, 1.807) is 0 Å². The van der Waals surface area contributed by atoms with Crippen molar-refractivity contribution in [2.75, 3.05) is 12.3 Å². The van der Waals surface area contributed by atoms with Gasteiger partial charge in [0.1, 0.15) is 0 Å². The summed E-state index contributed by atoms with van der Waals surface area (Å²) in [5.74, 6) is 0. The van der Waals surface area contributed by atoms with Gasteiger partial charge in [-0.1, -0.05) is 219 Å². The first kappa shape index (κ1) is 47.4. The van der Waals surface area contributed by atoms with Crippen molar-refractivity contribution in [1.29, 1.82) is 0 Å². The van der Waals surface area contributed by atoms with Crippen molar-refractivity contribution in [2.24, 2.45) is 0 Å². The Hall–Kier alpha value is 1.30. The maximum atomic E-state index is 6.52. The number of unbranched alkanes of at least 4 members (excludes halogenated alkanes) is 31. The Labute approximate surface area is 300 Å². The molecule has 1 radical (unpaired) electrons. The number of hydrogen-bond donors (Lipinski definition) is 0. The summed E-state index contributed by atoms with van der Waals surface area (Å²) >= 11 is 6.52. The van der Waals surface area contributed by atoms with Crippen LogP contribution in [-0.2, 0) is 18.6 Å². The molecule has 0 aliphatic carbocycles. The molecule has 0 aliphatic heterocycles. The Kier molecular flexibility index (Phi) is 47.7. The van der Waals surface area contributed by atoms with E-state index >= 15 is 0 Å². The van der Waals surface area contributed by atoms with Crippen molar-refractivity contribution >= 4 is 20.2 Å². The minimum absolute atomic E-state index is 0. The summed E-state index contributed by atoms with van der Waals surface area (Å²) in [4.78, 5) is 0. The first-order valence-corrected chi connectivity index (χ1v) is 22.5. The molecule has 0 aromatic carbocycles. The zero-order valence-electron chi connectivity index (χ0n) is 30.8. The van der Waals surface area contributed by atoms with E-state index in [1.807, 2.05) is 0 Å². The Morgan fingerprint density at radius 1 is 0.318 bits per heavy atom. The van der Waals surface area contributed by atoms with Crippen molar-refractivity contribution in [3.63, 3.8) is 0 Å². The second kappa shape index (κ2) is 44.3. The summed E-state index contributed by atoms with van der Waals surface area (Å²) in [6, 6.07) is 0. The van der Waals surface area contributed by atoms with Gasteiger partial charge >= 0.3 is 0 Å². The molecule has 2 atom stereocenters. The van der Waals surface area contributed by atoms with Gasteiger partial charge in [-0.2, -0.15) is 0 Å². The molecule has 0 aromatic heterocycles. The number of hydrogen-bond acceptors (Lipinski definition) is 0. The molecule has 0 spiro atoms. The van der Waals surface area contributed by atoms with E-state index in [1.165, 1.54) is 252 Å². The topological polar surface area (TPSA) is 0 Å². The molecule has 0 aliphatic rings. The van der Waals surface area contributed by atoms with Crippen LogP contribution in [0.3, 0.4) is 0 Å². The van der Waals surface area contributed by atoms with Crippen molar-refractivity contribution in [1.82, 2.24) is 0 Å². The second-order valence-corrected chi connectivity index (χ2v) is 16.4. The van der Waals surface area contributed by atoms with Crippen molar-refractivity contribution < 1.29 is 18.6 Å². The quantitative estimate of drug-likeness (QED) is 0.0341. The maximum absolute atomic E-state index is 6.52. The van der Waals surface area contributed by atoms with Gasteiger partial charge < -0.3 is 0 Å². The standard InChI is InChI=1S/C41H84ClP.V/c1-3-5-7-9-10-11-12-13-14-15-16-17-18-21-24-27-31-35-39-43-40-36-32-28-25-22-19-20-23-26-30-34-38-41(42)37-33-29-8-6-4-2;/h41,43H,3-40H2,1-2H3;. The van der Waals surface area contributed by atoms with Crippen LogP contribution in [0.5, 0.6) is 0 Å². The zero-order chi connectivity index (χ0) is 31.2. The van der Waals surface area contributed by atoms with E-state index in [0.29, 0.717) is 5.38 Å². The molecular formula is C41H84ClPV. The van der Waals surface area contributed by atoms with Crippen LogP contribution in [0, 0.1) is 0 Å². The average molecular weight is 694 g/mol. The predicted molar refractivity (Wildman–Crippen MR) is 205 cm³/mol. The number of halogens is 1. The minimum atomic E-state index is 0. The largest absolute Gasteiger partial charge is 0.123 e. The molecule has 0 bridgehead atoms. The van der Waals surface area contributed by atoms with Crippen LogP contribution < -0.4 is 0 Å². The van der Waals surface area contributed by atoms with Crippen LogP contribution in [0.4, 0.5) is 0 Å². The molecule has 3 heteroatoms. The fourth-order valence-electron chi connectivity index (χ4n) is 6.60. The monoisotopic (exact) mass is 694 g/mol. The maximum Gasteiger partial charge on any atom is 0.0336 e. The smallest absolute Gasteiger partial charge is 0.0336 e. The van der Waals surface area contributed by atoms with Gasteiger partial charge in [-0.05, 0) is 38.0 Å². The van der Waals surface area contributed by atoms with Crippen LogP contribution >= 0.6 is 20.2 Å². The molecule has 0 fully saturated rings. The first-order valence-electron chi connectivity index (χ1n) is 20.7. The molecule has 0 saturated heterocycles. The van der Waals surface area contributed by atoms with Gasteiger partial charge in [0.2, 0.25) is 0 Å². The van der Waals surface area contributed by atoms with Crippen LogP contribution in [0.1, 0.15) is 245 Å². The second-order valence-electron chi connectivity index (χ2n) is 14.2. The van der Waals surface area contributed by atoms with Gasteiger partial charge in [0.05, 0.1) is 0 Å². The van der Waals surface area contributed by atoms with E-state index in [2.05, 4.69) is 13.8 Å². The normalized spacial score (nSPS) is 12.3. The van der Waals surface area contributed by atoms with Crippen molar-refractivity contribution in [3.8, 4) is 0 Å². The van der Waals surface area contributed by atoms with E-state index in [4.69, 9.17) is 11.6 Å². The van der Waals surface area contributed by atoms with Crippen LogP contribution in [-0.4, -0.2) is 17.7 Å². The SMILES string of the molecule is CCCCCCCCCCCCCCCCCCCCPCCCCCCCCCCCCCC(Cl)CCCCCCC.[V]. The van der Waals surface area contributed by atoms with Gasteiger partial charge in [-0.25, -0.2) is 0 Å². The van der Waals surface area contributed by atoms with Gasteiger partial charge in [0.25, 0.3) is 0 Å². The molecule has 0 rings (SSSR count). The predicted octanol–water partition coefficient (Wildman–Crippen LogP) is 16.4. The molecule has 0 heterocycles. The minimum Gasteiger partial charge on any atom is -0.123 e. The van der Waals surface area contributed by atoms with Gasteiger partial charge in [-0.15, -0.1) is 20.2 Å². The third-order valence-corrected chi connectivity index (χ3v) is 11.5. The summed E-state index contributed by atoms with van der Waals surface area (Å²) in [7, 11) is 1.24. The van der Waals surface area contributed by atoms with Crippen LogP contribution in [0.15, 0.2) is 0 Å². The number of rotatable bonds is 39. The third kappa shape index (κ3) is 43.3. The molecule has 0 nitrogen and oxygen atoms in total. The van der Waals surface area contributed by atoms with Crippen LogP contribution in [0.2, 0.25) is 0 Å². The fraction of sp³-hybridized carbons (Fsp3) is 1.00. The average Bonchev–Trinajstić information content (AvgIpc) is 3.01. The molecular weight excluding hydrogens is 610 g/mol. The number of alkyl halides is 1. The molecule has 0 saturated carbocycles. The van der Waals surface area contributed by atoms with Crippen molar-refractivity contribution in [2.45, 2.75) is 250 Å². The zero-order valence-corrected chi connectivity index (χ0v) is 33.9. The molecule has 44 heavy (non-hydrogen) atoms. The summed E-state index contributed by atoms with van der Waals surface area (Å²) < 4.78 is 0. The summed E-state index contributed by atoms with van der Waals surface area (Å²) in [5, 5.41) is 0.440. The molecule has 0 amide bonds. The van der Waals surface area contributed by atoms with Gasteiger partial charge in [-0.3, -0.25) is 0 Å². The van der Waals surface area contributed by atoms with E-state index < -0.39 is 0 Å². The van der Waals surface area contributed by atoms with Gasteiger partial charge in [0.15, 0.2) is 0 Å². The van der Waals surface area contributed by atoms with Crippen LogP contribution in [0.25, 0.3) is 0 Å². The molecule has 0 aromatic rings. The Morgan fingerprint density at radius 2 is 0.523 bits per heavy atom. The molecule has 0 N–H and O–H groups in total. The van der Waals surface area contributed by atoms with Gasteiger partial charge in [0, 0.05) is 23.9 Å². The fourth-order valence-corrected chi connectivity index (χ4v) is 8.16. The third-order valence-electron chi connectivity index (χ3n) is 9.70. The summed E-state index contributed by atoms with van der Waals surface area (Å²) in [5.41, 5.74) is 0. The van der Waals surface area contributed by atoms with E-state index in [9.17, 15) is 0 Å². The van der Waals surface area contributed by atoms with E-state index in [0.717, 1.165) is 0 Å².